The molecule has 0 amide bonds. The number of fused-ring (bicyclic) bond motifs is 2. The zero-order valence-electron chi connectivity index (χ0n) is 20.0. The number of aromatic nitrogens is 2. The van der Waals surface area contributed by atoms with E-state index in [4.69, 9.17) is 4.74 Å². The zero-order valence-corrected chi connectivity index (χ0v) is 20.0. The first-order chi connectivity index (χ1) is 17.2. The summed E-state index contributed by atoms with van der Waals surface area (Å²) in [6.07, 6.45) is 4.85. The van der Waals surface area contributed by atoms with Crippen LogP contribution >= 0.6 is 0 Å². The molecule has 0 saturated carbocycles. The van der Waals surface area contributed by atoms with Gasteiger partial charge in [-0.2, -0.15) is 0 Å². The molecule has 176 valence electrons. The van der Waals surface area contributed by atoms with Crippen LogP contribution < -0.4 is 10.3 Å². The number of hydrogen-bond acceptors (Lipinski definition) is 4. The molecule has 3 heterocycles. The summed E-state index contributed by atoms with van der Waals surface area (Å²) in [4.78, 5) is 20.9. The van der Waals surface area contributed by atoms with E-state index < -0.39 is 0 Å². The van der Waals surface area contributed by atoms with Crippen LogP contribution in [0.3, 0.4) is 0 Å². The molecule has 2 aromatic heterocycles. The topological polar surface area (TPSA) is 47.4 Å². The largest absolute Gasteiger partial charge is 0.497 e. The molecule has 0 spiro atoms. The molecular formula is C30H29N3O2. The summed E-state index contributed by atoms with van der Waals surface area (Å²) >= 11 is 0. The first-order valence-electron chi connectivity index (χ1n) is 12.3. The number of ether oxygens (including phenoxy) is 1. The van der Waals surface area contributed by atoms with E-state index >= 15 is 0 Å². The van der Waals surface area contributed by atoms with Crippen molar-refractivity contribution < 1.29 is 4.74 Å². The minimum atomic E-state index is 0.0318. The number of pyridine rings is 2. The Morgan fingerprint density at radius 3 is 2.49 bits per heavy atom. The highest BCUT2D eigenvalue weighted by Gasteiger charge is 2.30. The average Bonchev–Trinajstić information content (AvgIpc) is 3.35. The van der Waals surface area contributed by atoms with Crippen molar-refractivity contribution in [2.75, 3.05) is 13.7 Å². The Morgan fingerprint density at radius 2 is 1.74 bits per heavy atom. The van der Waals surface area contributed by atoms with E-state index in [0.717, 1.165) is 60.6 Å². The highest BCUT2D eigenvalue weighted by atomic mass is 16.5. The van der Waals surface area contributed by atoms with Crippen molar-refractivity contribution in [1.82, 2.24) is 14.5 Å². The molecule has 0 unspecified atom stereocenters. The molecule has 5 nitrogen and oxygen atoms in total. The molecule has 2 aromatic carbocycles. The van der Waals surface area contributed by atoms with E-state index in [0.29, 0.717) is 12.6 Å². The molecule has 0 N–H and O–H groups in total. The lowest BCUT2D eigenvalue weighted by Crippen LogP contribution is -2.42. The zero-order chi connectivity index (χ0) is 23.8. The van der Waals surface area contributed by atoms with Crippen molar-refractivity contribution in [3.8, 4) is 16.9 Å². The molecule has 0 radical (unpaired) electrons. The molecule has 1 aliphatic carbocycles. The fourth-order valence-corrected chi connectivity index (χ4v) is 5.66. The second-order valence-electron chi connectivity index (χ2n) is 9.53. The first-order valence-corrected chi connectivity index (χ1v) is 12.3. The van der Waals surface area contributed by atoms with Crippen molar-refractivity contribution in [2.24, 2.45) is 0 Å². The molecule has 1 aliphatic heterocycles. The maximum Gasteiger partial charge on any atom is 0.259 e. The van der Waals surface area contributed by atoms with Crippen LogP contribution in [0.1, 0.15) is 28.1 Å². The Labute approximate surface area is 205 Å². The molecule has 5 heteroatoms. The molecule has 4 aromatic rings. The minimum Gasteiger partial charge on any atom is -0.497 e. The van der Waals surface area contributed by atoms with Crippen LogP contribution in [0.5, 0.6) is 5.75 Å². The summed E-state index contributed by atoms with van der Waals surface area (Å²) in [5.41, 5.74) is 7.85. The highest BCUT2D eigenvalue weighted by molar-refractivity contribution is 5.65. The van der Waals surface area contributed by atoms with Gasteiger partial charge in [0.05, 0.1) is 19.3 Å². The predicted molar refractivity (Wildman–Crippen MR) is 138 cm³/mol. The van der Waals surface area contributed by atoms with E-state index in [-0.39, 0.29) is 5.56 Å². The van der Waals surface area contributed by atoms with E-state index in [2.05, 4.69) is 40.2 Å². The van der Waals surface area contributed by atoms with Gasteiger partial charge < -0.3 is 9.30 Å². The minimum absolute atomic E-state index is 0.0318. The Morgan fingerprint density at radius 1 is 0.943 bits per heavy atom. The number of hydrogen-bond donors (Lipinski definition) is 0. The fraction of sp³-hybridized carbons (Fsp3) is 0.267. The molecule has 0 bridgehead atoms. The number of rotatable bonds is 5. The summed E-state index contributed by atoms with van der Waals surface area (Å²) in [5.74, 6) is 0.751. The predicted octanol–water partition coefficient (Wildman–Crippen LogP) is 4.49. The Kier molecular flexibility index (Phi) is 5.71. The van der Waals surface area contributed by atoms with Crippen LogP contribution in [0.25, 0.3) is 11.1 Å². The number of methoxy groups -OCH3 is 1. The van der Waals surface area contributed by atoms with Crippen molar-refractivity contribution in [3.05, 3.63) is 117 Å². The van der Waals surface area contributed by atoms with Crippen LogP contribution in [0.15, 0.2) is 83.8 Å². The molecule has 0 fully saturated rings. The Hall–Kier alpha value is -3.70. The lowest BCUT2D eigenvalue weighted by molar-refractivity contribution is 0.180. The summed E-state index contributed by atoms with van der Waals surface area (Å²) in [7, 11) is 1.66. The van der Waals surface area contributed by atoms with Gasteiger partial charge in [-0.15, -0.1) is 0 Å². The Balaban J connectivity index is 1.40. The average molecular weight is 464 g/mol. The smallest absolute Gasteiger partial charge is 0.259 e. The van der Waals surface area contributed by atoms with Gasteiger partial charge in [-0.1, -0.05) is 42.5 Å². The van der Waals surface area contributed by atoms with Crippen LogP contribution in [-0.4, -0.2) is 34.1 Å². The van der Waals surface area contributed by atoms with Crippen molar-refractivity contribution >= 4 is 0 Å². The van der Waals surface area contributed by atoms with Gasteiger partial charge in [-0.3, -0.25) is 14.7 Å². The summed E-state index contributed by atoms with van der Waals surface area (Å²) in [6.45, 7) is 2.30. The lowest BCUT2D eigenvalue weighted by Gasteiger charge is -2.35. The molecule has 6 rings (SSSR count). The standard InChI is InChI=1S/C30H29N3O2/c1-35-27-11-6-9-23(17-27)28-18-24-19-32(26-15-21-7-2-3-8-22(21)16-26)14-12-29(24)33(30(28)34)20-25-10-4-5-13-31-25/h2-11,13,17-18,26H,12,14-16,19-20H2,1H3. The van der Waals surface area contributed by atoms with Gasteiger partial charge in [-0.05, 0) is 65.4 Å². The monoisotopic (exact) mass is 463 g/mol. The third-order valence-corrected chi connectivity index (χ3v) is 7.47. The number of benzene rings is 2. The summed E-state index contributed by atoms with van der Waals surface area (Å²) in [5, 5.41) is 0. The van der Waals surface area contributed by atoms with Gasteiger partial charge in [0.25, 0.3) is 5.56 Å². The molecule has 0 saturated heterocycles. The van der Waals surface area contributed by atoms with Crippen LogP contribution in [0.2, 0.25) is 0 Å². The third-order valence-electron chi connectivity index (χ3n) is 7.47. The van der Waals surface area contributed by atoms with Crippen LogP contribution in [0, 0.1) is 0 Å². The molecule has 2 aliphatic rings. The van der Waals surface area contributed by atoms with Crippen molar-refractivity contribution in [1.29, 1.82) is 0 Å². The van der Waals surface area contributed by atoms with Gasteiger partial charge >= 0.3 is 0 Å². The summed E-state index contributed by atoms with van der Waals surface area (Å²) < 4.78 is 7.39. The van der Waals surface area contributed by atoms with Gasteiger partial charge in [0.2, 0.25) is 0 Å². The van der Waals surface area contributed by atoms with E-state index in [9.17, 15) is 4.79 Å². The molecular weight excluding hydrogens is 434 g/mol. The van der Waals surface area contributed by atoms with Gasteiger partial charge in [-0.25, -0.2) is 0 Å². The second-order valence-corrected chi connectivity index (χ2v) is 9.53. The van der Waals surface area contributed by atoms with Gasteiger partial charge in [0.1, 0.15) is 5.75 Å². The highest BCUT2D eigenvalue weighted by Crippen LogP contribution is 2.31. The first kappa shape index (κ1) is 21.8. The van der Waals surface area contributed by atoms with Gasteiger partial charge in [0, 0.05) is 43.0 Å². The van der Waals surface area contributed by atoms with Crippen LogP contribution in [-0.2, 0) is 32.4 Å². The number of nitrogens with zero attached hydrogens (tertiary/aromatic N) is 3. The van der Waals surface area contributed by atoms with E-state index in [1.54, 1.807) is 13.3 Å². The van der Waals surface area contributed by atoms with Crippen molar-refractivity contribution in [2.45, 2.75) is 38.4 Å². The van der Waals surface area contributed by atoms with Crippen molar-refractivity contribution in [3.63, 3.8) is 0 Å². The van der Waals surface area contributed by atoms with Crippen LogP contribution in [0.4, 0.5) is 0 Å². The lowest BCUT2D eigenvalue weighted by atomic mass is 9.97. The summed E-state index contributed by atoms with van der Waals surface area (Å²) in [6, 6.07) is 25.1. The maximum absolute atomic E-state index is 13.8. The normalized spacial score (nSPS) is 15.6. The second kappa shape index (κ2) is 9.16. The van der Waals surface area contributed by atoms with E-state index in [1.165, 1.54) is 16.7 Å². The quantitative estimate of drug-likeness (QED) is 0.438. The third kappa shape index (κ3) is 4.17. The Bertz CT molecular complexity index is 1400. The maximum atomic E-state index is 13.8. The molecule has 35 heavy (non-hydrogen) atoms. The SMILES string of the molecule is COc1cccc(-c2cc3c(n(Cc4ccccn4)c2=O)CCN(C2Cc4ccccc4C2)C3)c1. The van der Waals surface area contributed by atoms with E-state index in [1.807, 2.05) is 47.0 Å². The van der Waals surface area contributed by atoms with Gasteiger partial charge in [0.15, 0.2) is 0 Å². The fourth-order valence-electron chi connectivity index (χ4n) is 5.66. The molecule has 0 atom stereocenters.